The second-order valence-corrected chi connectivity index (χ2v) is 6.19. The number of benzene rings is 1. The highest BCUT2D eigenvalue weighted by Gasteiger charge is 2.29. The molecule has 0 spiro atoms. The third kappa shape index (κ3) is 4.15. The SMILES string of the molecule is N#C[C@@H](C(=O)NC1CCCCC1)C(=O)c1ccc(Br)cc1. The Balaban J connectivity index is 2.04. The van der Waals surface area contributed by atoms with Crippen LogP contribution >= 0.6 is 15.9 Å². The smallest absolute Gasteiger partial charge is 0.245 e. The summed E-state index contributed by atoms with van der Waals surface area (Å²) in [6.07, 6.45) is 5.21. The van der Waals surface area contributed by atoms with Gasteiger partial charge in [0.1, 0.15) is 0 Å². The van der Waals surface area contributed by atoms with E-state index in [1.807, 2.05) is 6.07 Å². The predicted molar refractivity (Wildman–Crippen MR) is 82.6 cm³/mol. The summed E-state index contributed by atoms with van der Waals surface area (Å²) in [6.45, 7) is 0. The third-order valence-electron chi connectivity index (χ3n) is 3.73. The fourth-order valence-corrected chi connectivity index (χ4v) is 2.81. The predicted octanol–water partition coefficient (Wildman–Crippen LogP) is 3.22. The van der Waals surface area contributed by atoms with E-state index < -0.39 is 17.6 Å². The Kier molecular flexibility index (Phi) is 5.51. The Morgan fingerprint density at radius 1 is 1.19 bits per heavy atom. The number of amides is 1. The highest BCUT2D eigenvalue weighted by molar-refractivity contribution is 9.10. The number of halogens is 1. The van der Waals surface area contributed by atoms with Gasteiger partial charge in [-0.2, -0.15) is 5.26 Å². The Morgan fingerprint density at radius 2 is 1.81 bits per heavy atom. The van der Waals surface area contributed by atoms with Crippen molar-refractivity contribution >= 4 is 27.6 Å². The minimum absolute atomic E-state index is 0.0971. The van der Waals surface area contributed by atoms with Crippen LogP contribution in [0.4, 0.5) is 0 Å². The van der Waals surface area contributed by atoms with Crippen LogP contribution in [-0.4, -0.2) is 17.7 Å². The second-order valence-electron chi connectivity index (χ2n) is 5.28. The van der Waals surface area contributed by atoms with Crippen molar-refractivity contribution in [2.45, 2.75) is 38.1 Å². The van der Waals surface area contributed by atoms with Gasteiger partial charge in [-0.15, -0.1) is 0 Å². The van der Waals surface area contributed by atoms with Crippen LogP contribution in [0.5, 0.6) is 0 Å². The number of hydrogen-bond acceptors (Lipinski definition) is 3. The molecule has 0 bridgehead atoms. The van der Waals surface area contributed by atoms with E-state index in [1.54, 1.807) is 24.3 Å². The van der Waals surface area contributed by atoms with E-state index in [0.717, 1.165) is 30.2 Å². The Hall–Kier alpha value is -1.67. The maximum atomic E-state index is 12.3. The number of carbonyl (C=O) groups is 2. The Morgan fingerprint density at radius 3 is 2.38 bits per heavy atom. The minimum Gasteiger partial charge on any atom is -0.352 e. The number of hydrogen-bond donors (Lipinski definition) is 1. The normalized spacial score (nSPS) is 16.8. The van der Waals surface area contributed by atoms with Crippen LogP contribution < -0.4 is 5.32 Å². The quantitative estimate of drug-likeness (QED) is 0.670. The summed E-state index contributed by atoms with van der Waals surface area (Å²) in [5.41, 5.74) is 0.378. The highest BCUT2D eigenvalue weighted by atomic mass is 79.9. The minimum atomic E-state index is -1.27. The molecule has 1 aromatic carbocycles. The van der Waals surface area contributed by atoms with Crippen LogP contribution in [0.25, 0.3) is 0 Å². The standard InChI is InChI=1S/C16H17BrN2O2/c17-12-8-6-11(7-9-12)15(20)14(10-18)16(21)19-13-4-2-1-3-5-13/h6-9,13-14H,1-5H2,(H,19,21)/t14-/m1/s1. The van der Waals surface area contributed by atoms with Gasteiger partial charge in [0.2, 0.25) is 5.91 Å². The summed E-state index contributed by atoms with van der Waals surface area (Å²) in [5.74, 6) is -2.19. The number of ketones is 1. The maximum Gasteiger partial charge on any atom is 0.245 e. The monoisotopic (exact) mass is 348 g/mol. The molecule has 0 unspecified atom stereocenters. The Bertz CT molecular complexity index is 557. The van der Waals surface area contributed by atoms with E-state index >= 15 is 0 Å². The summed E-state index contributed by atoms with van der Waals surface area (Å²) < 4.78 is 0.846. The average molecular weight is 349 g/mol. The molecule has 1 aromatic rings. The summed E-state index contributed by atoms with van der Waals surface area (Å²) in [6, 6.07) is 8.61. The molecule has 1 aliphatic carbocycles. The fraction of sp³-hybridized carbons (Fsp3) is 0.438. The second kappa shape index (κ2) is 7.37. The van der Waals surface area contributed by atoms with Crippen LogP contribution in [-0.2, 0) is 4.79 Å². The van der Waals surface area contributed by atoms with Crippen LogP contribution in [0, 0.1) is 17.2 Å². The molecule has 1 fully saturated rings. The lowest BCUT2D eigenvalue weighted by Gasteiger charge is -2.23. The summed E-state index contributed by atoms with van der Waals surface area (Å²) in [7, 11) is 0. The zero-order valence-electron chi connectivity index (χ0n) is 11.6. The number of Topliss-reactive ketones (excluding diaryl/α,β-unsaturated/α-hetero) is 1. The molecule has 0 saturated heterocycles. The molecule has 1 amide bonds. The maximum absolute atomic E-state index is 12.3. The van der Waals surface area contributed by atoms with Crippen molar-refractivity contribution in [1.82, 2.24) is 5.32 Å². The molecular formula is C16H17BrN2O2. The van der Waals surface area contributed by atoms with E-state index in [9.17, 15) is 14.9 Å². The molecule has 2 rings (SSSR count). The topological polar surface area (TPSA) is 70.0 Å². The van der Waals surface area contributed by atoms with Crippen molar-refractivity contribution in [3.8, 4) is 6.07 Å². The van der Waals surface area contributed by atoms with Gasteiger partial charge < -0.3 is 5.32 Å². The van der Waals surface area contributed by atoms with Gasteiger partial charge in [0, 0.05) is 16.1 Å². The van der Waals surface area contributed by atoms with E-state index in [1.165, 1.54) is 6.42 Å². The van der Waals surface area contributed by atoms with Gasteiger partial charge in [-0.1, -0.05) is 47.3 Å². The van der Waals surface area contributed by atoms with Crippen molar-refractivity contribution in [1.29, 1.82) is 5.26 Å². The van der Waals surface area contributed by atoms with Gasteiger partial charge in [-0.25, -0.2) is 0 Å². The first-order valence-electron chi connectivity index (χ1n) is 7.11. The number of nitrogens with zero attached hydrogens (tertiary/aromatic N) is 1. The van der Waals surface area contributed by atoms with Gasteiger partial charge in [-0.3, -0.25) is 9.59 Å². The van der Waals surface area contributed by atoms with Gasteiger partial charge in [0.05, 0.1) is 6.07 Å². The van der Waals surface area contributed by atoms with Crippen LogP contribution in [0.1, 0.15) is 42.5 Å². The molecule has 4 nitrogen and oxygen atoms in total. The van der Waals surface area contributed by atoms with Gasteiger partial charge in [0.25, 0.3) is 0 Å². The molecule has 1 N–H and O–H groups in total. The first-order chi connectivity index (χ1) is 10.1. The lowest BCUT2D eigenvalue weighted by molar-refractivity contribution is -0.123. The van der Waals surface area contributed by atoms with Crippen LogP contribution in [0.2, 0.25) is 0 Å². The molecule has 0 aliphatic heterocycles. The zero-order valence-corrected chi connectivity index (χ0v) is 13.2. The first kappa shape index (κ1) is 15.7. The van der Waals surface area contributed by atoms with E-state index in [-0.39, 0.29) is 6.04 Å². The van der Waals surface area contributed by atoms with Gasteiger partial charge >= 0.3 is 0 Å². The van der Waals surface area contributed by atoms with E-state index in [0.29, 0.717) is 5.56 Å². The number of rotatable bonds is 4. The van der Waals surface area contributed by atoms with Crippen LogP contribution in [0.15, 0.2) is 28.7 Å². The first-order valence-corrected chi connectivity index (χ1v) is 7.91. The third-order valence-corrected chi connectivity index (χ3v) is 4.26. The largest absolute Gasteiger partial charge is 0.352 e. The molecule has 1 atom stereocenters. The van der Waals surface area contributed by atoms with Gasteiger partial charge in [-0.05, 0) is 25.0 Å². The molecular weight excluding hydrogens is 332 g/mol. The fourth-order valence-electron chi connectivity index (χ4n) is 2.55. The summed E-state index contributed by atoms with van der Waals surface area (Å²) in [4.78, 5) is 24.4. The van der Waals surface area contributed by atoms with Crippen molar-refractivity contribution in [3.05, 3.63) is 34.3 Å². The van der Waals surface area contributed by atoms with E-state index in [2.05, 4.69) is 21.2 Å². The van der Waals surface area contributed by atoms with E-state index in [4.69, 9.17) is 0 Å². The van der Waals surface area contributed by atoms with Crippen molar-refractivity contribution < 1.29 is 9.59 Å². The lowest BCUT2D eigenvalue weighted by atomic mass is 9.93. The summed E-state index contributed by atoms with van der Waals surface area (Å²) in [5, 5.41) is 12.0. The highest BCUT2D eigenvalue weighted by Crippen LogP contribution is 2.19. The van der Waals surface area contributed by atoms with Crippen molar-refractivity contribution in [3.63, 3.8) is 0 Å². The number of nitriles is 1. The van der Waals surface area contributed by atoms with Gasteiger partial charge in [0.15, 0.2) is 11.7 Å². The Labute approximate surface area is 132 Å². The number of nitrogens with one attached hydrogen (secondary N) is 1. The lowest BCUT2D eigenvalue weighted by Crippen LogP contribution is -2.42. The molecule has 21 heavy (non-hydrogen) atoms. The molecule has 5 heteroatoms. The molecule has 110 valence electrons. The summed E-state index contributed by atoms with van der Waals surface area (Å²) >= 11 is 3.29. The molecule has 1 aliphatic rings. The van der Waals surface area contributed by atoms with Crippen LogP contribution in [0.3, 0.4) is 0 Å². The molecule has 0 aromatic heterocycles. The van der Waals surface area contributed by atoms with Crippen molar-refractivity contribution in [2.75, 3.05) is 0 Å². The molecule has 0 heterocycles. The average Bonchev–Trinajstić information content (AvgIpc) is 2.49. The zero-order chi connectivity index (χ0) is 15.2. The number of carbonyl (C=O) groups excluding carboxylic acids is 2. The molecule has 0 radical (unpaired) electrons. The molecule has 1 saturated carbocycles. The van der Waals surface area contributed by atoms with Crippen molar-refractivity contribution in [2.24, 2.45) is 5.92 Å².